The van der Waals surface area contributed by atoms with Gasteiger partial charge in [-0.1, -0.05) is 85.3 Å². The third-order valence-electron chi connectivity index (χ3n) is 8.38. The van der Waals surface area contributed by atoms with Crippen molar-refractivity contribution in [1.82, 2.24) is 16.0 Å². The van der Waals surface area contributed by atoms with Crippen LogP contribution in [0.3, 0.4) is 0 Å². The Kier molecular flexibility index (Phi) is 12.7. The summed E-state index contributed by atoms with van der Waals surface area (Å²) in [5, 5.41) is 8.87. The minimum atomic E-state index is -0.750. The van der Waals surface area contributed by atoms with E-state index >= 15 is 0 Å². The molecule has 3 amide bonds. The summed E-state index contributed by atoms with van der Waals surface area (Å²) in [6, 6.07) is 32.7. The first-order valence-corrected chi connectivity index (χ1v) is 17.8. The summed E-state index contributed by atoms with van der Waals surface area (Å²) in [4.78, 5) is 39.8. The second-order valence-corrected chi connectivity index (χ2v) is 14.0. The number of alkyl carbamates (subject to hydrolysis) is 1. The molecule has 1 unspecified atom stereocenters. The Balaban J connectivity index is 1.46. The zero-order valence-corrected chi connectivity index (χ0v) is 31.1. The number of halogens is 2. The highest BCUT2D eigenvalue weighted by Gasteiger charge is 2.24. The van der Waals surface area contributed by atoms with Crippen molar-refractivity contribution in [2.24, 2.45) is 0 Å². The quantitative estimate of drug-likeness (QED) is 0.118. The molecule has 0 aliphatic heterocycles. The summed E-state index contributed by atoms with van der Waals surface area (Å²) in [5.41, 5.74) is 3.61. The summed E-state index contributed by atoms with van der Waals surface area (Å²) < 4.78 is 26.1. The third kappa shape index (κ3) is 10.5. The van der Waals surface area contributed by atoms with Crippen LogP contribution in [0.1, 0.15) is 68.6 Å². The molecule has 0 heterocycles. The highest BCUT2D eigenvalue weighted by molar-refractivity contribution is 6.30. The van der Waals surface area contributed by atoms with Crippen molar-refractivity contribution < 1.29 is 28.2 Å². The number of ether oxygens (including phenoxy) is 2. The van der Waals surface area contributed by atoms with E-state index in [1.165, 1.54) is 6.07 Å². The minimum absolute atomic E-state index is 0.117. The standard InChI is InChI=1S/C43H43ClFN3O5/c1-6-38(46-26-31-15-10-11-18-37(31)45)41(50)48-40(49)35-21-19-30(28-13-8-7-9-14-28)24-36(35)34-22-20-32(44)25-39(34)52-33-17-12-16-29(23-33)27(2)47-42(51)53-43(3,4)5/h7-25,27,38,46H,6,26H2,1-5H3,(H,47,51)(H,48,49,50)/t27-,38?/m0/s1. The van der Waals surface area contributed by atoms with E-state index in [2.05, 4.69) is 16.0 Å². The van der Waals surface area contributed by atoms with Crippen molar-refractivity contribution in [3.63, 3.8) is 0 Å². The number of carbonyl (C=O) groups is 3. The molecule has 5 rings (SSSR count). The lowest BCUT2D eigenvalue weighted by Gasteiger charge is -2.22. The molecule has 5 aromatic rings. The molecule has 0 aliphatic carbocycles. The van der Waals surface area contributed by atoms with Gasteiger partial charge in [-0.3, -0.25) is 14.9 Å². The molecule has 0 fully saturated rings. The first-order valence-electron chi connectivity index (χ1n) is 17.4. The maximum atomic E-state index is 14.2. The number of hydrogen-bond acceptors (Lipinski definition) is 6. The van der Waals surface area contributed by atoms with Crippen molar-refractivity contribution in [1.29, 1.82) is 0 Å². The number of imide groups is 1. The molecule has 0 saturated heterocycles. The SMILES string of the molecule is CCC(NCc1ccccc1F)C(=O)NC(=O)c1ccc(-c2ccccc2)cc1-c1ccc(Cl)cc1Oc1cccc([C@H](C)NC(=O)OC(C)(C)C)c1. The molecule has 0 saturated carbocycles. The average Bonchev–Trinajstić information content (AvgIpc) is 3.12. The first-order chi connectivity index (χ1) is 25.3. The Labute approximate surface area is 314 Å². The maximum Gasteiger partial charge on any atom is 0.408 e. The van der Waals surface area contributed by atoms with Crippen LogP contribution >= 0.6 is 11.6 Å². The van der Waals surface area contributed by atoms with Crippen molar-refractivity contribution in [2.75, 3.05) is 0 Å². The van der Waals surface area contributed by atoms with Crippen LogP contribution in [0, 0.1) is 5.82 Å². The first kappa shape index (κ1) is 38.7. The van der Waals surface area contributed by atoms with Crippen LogP contribution in [-0.4, -0.2) is 29.6 Å². The van der Waals surface area contributed by atoms with Gasteiger partial charge < -0.3 is 20.1 Å². The van der Waals surface area contributed by atoms with Crippen molar-refractivity contribution >= 4 is 29.5 Å². The Hall–Kier alpha value is -5.51. The number of benzene rings is 5. The highest BCUT2D eigenvalue weighted by atomic mass is 35.5. The van der Waals surface area contributed by atoms with E-state index in [4.69, 9.17) is 21.1 Å². The van der Waals surface area contributed by atoms with Crippen LogP contribution < -0.4 is 20.7 Å². The van der Waals surface area contributed by atoms with Gasteiger partial charge in [0.1, 0.15) is 22.9 Å². The number of rotatable bonds is 12. The monoisotopic (exact) mass is 735 g/mol. The fraction of sp³-hybridized carbons (Fsp3) is 0.233. The van der Waals surface area contributed by atoms with Gasteiger partial charge in [0, 0.05) is 34.3 Å². The number of nitrogens with one attached hydrogen (secondary N) is 3. The predicted molar refractivity (Wildman–Crippen MR) is 206 cm³/mol. The van der Waals surface area contributed by atoms with Gasteiger partial charge in [0.05, 0.1) is 12.1 Å². The molecule has 0 spiro atoms. The van der Waals surface area contributed by atoms with E-state index in [0.29, 0.717) is 39.6 Å². The van der Waals surface area contributed by atoms with Crippen LogP contribution in [0.25, 0.3) is 22.3 Å². The zero-order chi connectivity index (χ0) is 38.1. The van der Waals surface area contributed by atoms with Gasteiger partial charge in [0.25, 0.3) is 5.91 Å². The van der Waals surface area contributed by atoms with Crippen LogP contribution in [0.2, 0.25) is 5.02 Å². The molecule has 274 valence electrons. The molecule has 8 nitrogen and oxygen atoms in total. The highest BCUT2D eigenvalue weighted by Crippen LogP contribution is 2.39. The molecule has 0 aromatic heterocycles. The molecular weight excluding hydrogens is 693 g/mol. The summed E-state index contributed by atoms with van der Waals surface area (Å²) >= 11 is 6.50. The Morgan fingerprint density at radius 2 is 1.55 bits per heavy atom. The van der Waals surface area contributed by atoms with Gasteiger partial charge in [0.15, 0.2) is 0 Å². The van der Waals surface area contributed by atoms with E-state index in [0.717, 1.165) is 16.7 Å². The van der Waals surface area contributed by atoms with Gasteiger partial charge >= 0.3 is 6.09 Å². The molecule has 0 radical (unpaired) electrons. The van der Waals surface area contributed by atoms with E-state index in [1.807, 2.05) is 68.4 Å². The van der Waals surface area contributed by atoms with Gasteiger partial charge in [-0.15, -0.1) is 0 Å². The second-order valence-electron chi connectivity index (χ2n) is 13.6. The van der Waals surface area contributed by atoms with Crippen LogP contribution in [0.4, 0.5) is 9.18 Å². The number of carbonyl (C=O) groups excluding carboxylic acids is 3. The number of hydrogen-bond donors (Lipinski definition) is 3. The Morgan fingerprint density at radius 1 is 0.811 bits per heavy atom. The summed E-state index contributed by atoms with van der Waals surface area (Å²) in [6.07, 6.45) is -0.171. The average molecular weight is 736 g/mol. The smallest absolute Gasteiger partial charge is 0.408 e. The molecule has 0 aliphatic rings. The summed E-state index contributed by atoms with van der Waals surface area (Å²) in [5.74, 6) is -0.692. The van der Waals surface area contributed by atoms with Crippen LogP contribution in [-0.2, 0) is 16.1 Å². The number of amides is 3. The van der Waals surface area contributed by atoms with Crippen molar-refractivity contribution in [3.8, 4) is 33.8 Å². The maximum absolute atomic E-state index is 14.2. The fourth-order valence-corrected chi connectivity index (χ4v) is 5.85. The lowest BCUT2D eigenvalue weighted by atomic mass is 9.93. The van der Waals surface area contributed by atoms with Crippen molar-refractivity contribution in [3.05, 3.63) is 143 Å². The molecule has 53 heavy (non-hydrogen) atoms. The largest absolute Gasteiger partial charge is 0.457 e. The van der Waals surface area contributed by atoms with Crippen molar-refractivity contribution in [2.45, 2.75) is 65.3 Å². The lowest BCUT2D eigenvalue weighted by molar-refractivity contribution is -0.122. The van der Waals surface area contributed by atoms with Gasteiger partial charge in [-0.25, -0.2) is 9.18 Å². The topological polar surface area (TPSA) is 106 Å². The Morgan fingerprint density at radius 3 is 2.26 bits per heavy atom. The zero-order valence-electron chi connectivity index (χ0n) is 30.3. The molecular formula is C43H43ClFN3O5. The molecule has 10 heteroatoms. The Bertz CT molecular complexity index is 2080. The molecule has 0 bridgehead atoms. The van der Waals surface area contributed by atoms with E-state index in [1.54, 1.807) is 75.4 Å². The fourth-order valence-electron chi connectivity index (χ4n) is 5.68. The van der Waals surface area contributed by atoms with Gasteiger partial charge in [-0.05, 0) is 98.8 Å². The van der Waals surface area contributed by atoms with E-state index < -0.39 is 35.6 Å². The van der Waals surface area contributed by atoms with E-state index in [9.17, 15) is 18.8 Å². The minimum Gasteiger partial charge on any atom is -0.457 e. The molecule has 2 atom stereocenters. The van der Waals surface area contributed by atoms with Gasteiger partial charge in [-0.2, -0.15) is 0 Å². The van der Waals surface area contributed by atoms with E-state index in [-0.39, 0.29) is 17.9 Å². The lowest BCUT2D eigenvalue weighted by Crippen LogP contribution is -2.45. The van der Waals surface area contributed by atoms with Crippen LogP contribution in [0.15, 0.2) is 115 Å². The second kappa shape index (κ2) is 17.3. The normalized spacial score (nSPS) is 12.4. The van der Waals surface area contributed by atoms with Gasteiger partial charge in [0.2, 0.25) is 5.91 Å². The molecule has 5 aromatic carbocycles. The summed E-state index contributed by atoms with van der Waals surface area (Å²) in [6.45, 7) is 9.16. The van der Waals surface area contributed by atoms with Crippen LogP contribution in [0.5, 0.6) is 11.5 Å². The third-order valence-corrected chi connectivity index (χ3v) is 8.62. The predicted octanol–water partition coefficient (Wildman–Crippen LogP) is 10.0. The molecule has 3 N–H and O–H groups in total. The summed E-state index contributed by atoms with van der Waals surface area (Å²) in [7, 11) is 0.